The van der Waals surface area contributed by atoms with Crippen LogP contribution in [0, 0.1) is 13.8 Å². The summed E-state index contributed by atoms with van der Waals surface area (Å²) in [5.74, 6) is 1.54. The molecular weight excluding hydrogens is 550 g/mol. The molecule has 1 fully saturated rings. The molecule has 0 bridgehead atoms. The number of amides is 1. The first-order chi connectivity index (χ1) is 20.1. The third kappa shape index (κ3) is 6.67. The molecule has 2 aliphatic rings. The normalized spacial score (nSPS) is 16.0. The van der Waals surface area contributed by atoms with Crippen LogP contribution in [0.2, 0.25) is 0 Å². The van der Waals surface area contributed by atoms with Crippen LogP contribution < -0.4 is 9.80 Å². The van der Waals surface area contributed by atoms with Crippen molar-refractivity contribution in [1.29, 1.82) is 0 Å². The van der Waals surface area contributed by atoms with Crippen molar-refractivity contribution in [2.24, 2.45) is 0 Å². The summed E-state index contributed by atoms with van der Waals surface area (Å²) in [7, 11) is -2.23. The van der Waals surface area contributed by atoms with Gasteiger partial charge in [-0.15, -0.1) is 0 Å². The molecule has 0 spiro atoms. The largest absolute Gasteiger partial charge is 0.338 e. The number of carbonyl (C=O) groups excluding carboxylic acids is 1. The smallest absolute Gasteiger partial charge is 0.294 e. The van der Waals surface area contributed by atoms with E-state index in [2.05, 4.69) is 76.3 Å². The zero-order chi connectivity index (χ0) is 29.9. The van der Waals surface area contributed by atoms with Crippen LogP contribution in [0.25, 0.3) is 0 Å². The van der Waals surface area contributed by atoms with Gasteiger partial charge in [-0.3, -0.25) is 19.1 Å². The van der Waals surface area contributed by atoms with Gasteiger partial charge in [0.25, 0.3) is 10.1 Å². The van der Waals surface area contributed by atoms with Crippen LogP contribution in [0.5, 0.6) is 0 Å². The minimum Gasteiger partial charge on any atom is -0.338 e. The van der Waals surface area contributed by atoms with Crippen LogP contribution in [0.15, 0.2) is 90.0 Å². The van der Waals surface area contributed by atoms with Gasteiger partial charge in [0.05, 0.1) is 17.4 Å². The molecule has 1 aromatic heterocycles. The molecule has 9 nitrogen and oxygen atoms in total. The molecule has 0 saturated carbocycles. The molecule has 1 N–H and O–H groups in total. The van der Waals surface area contributed by atoms with E-state index in [0.29, 0.717) is 12.4 Å². The summed E-state index contributed by atoms with van der Waals surface area (Å²) in [6, 6.07) is 25.8. The third-order valence-electron chi connectivity index (χ3n) is 7.65. The predicted octanol–water partition coefficient (Wildman–Crippen LogP) is 4.46. The van der Waals surface area contributed by atoms with Crippen molar-refractivity contribution >= 4 is 27.8 Å². The number of piperazine rings is 1. The van der Waals surface area contributed by atoms with Crippen LogP contribution in [-0.2, 0) is 21.3 Å². The number of anilines is 2. The van der Waals surface area contributed by atoms with Crippen LogP contribution in [-0.4, -0.2) is 67.0 Å². The highest BCUT2D eigenvalue weighted by Gasteiger charge is 2.30. The maximum Gasteiger partial charge on any atom is 0.294 e. The number of likely N-dealkylation sites (N-methyl/N-ethyl adjacent to an activating group) is 1. The van der Waals surface area contributed by atoms with Gasteiger partial charge in [-0.2, -0.15) is 13.4 Å². The molecule has 3 aromatic carbocycles. The van der Waals surface area contributed by atoms with Crippen molar-refractivity contribution in [3.8, 4) is 0 Å². The quantitative estimate of drug-likeness (QED) is 0.342. The highest BCUT2D eigenvalue weighted by molar-refractivity contribution is 7.85. The number of nitrogens with zero attached hydrogens (tertiary/aromatic N) is 5. The van der Waals surface area contributed by atoms with Crippen molar-refractivity contribution in [3.63, 3.8) is 0 Å². The summed E-state index contributed by atoms with van der Waals surface area (Å²) in [6.45, 7) is 7.51. The van der Waals surface area contributed by atoms with Gasteiger partial charge in [0.15, 0.2) is 0 Å². The van der Waals surface area contributed by atoms with Crippen molar-refractivity contribution in [1.82, 2.24) is 14.9 Å². The predicted molar refractivity (Wildman–Crippen MR) is 163 cm³/mol. The second-order valence-corrected chi connectivity index (χ2v) is 12.1. The first kappa shape index (κ1) is 29.4. The van der Waals surface area contributed by atoms with E-state index in [1.807, 2.05) is 13.1 Å². The molecule has 1 saturated heterocycles. The fraction of sp³-hybridized carbons (Fsp3) is 0.281. The Morgan fingerprint density at radius 3 is 1.98 bits per heavy atom. The van der Waals surface area contributed by atoms with Gasteiger partial charge >= 0.3 is 0 Å². The van der Waals surface area contributed by atoms with Crippen LogP contribution in [0.4, 0.5) is 11.8 Å². The van der Waals surface area contributed by atoms with E-state index < -0.39 is 10.1 Å². The molecule has 218 valence electrons. The van der Waals surface area contributed by atoms with Gasteiger partial charge in [0.1, 0.15) is 5.82 Å². The SMILES string of the molecule is Cc1ccc(C(c2ccccc2)N2CCN(c3ncc4c(n3)N(C)C(=O)C4)CC2)cc1.Cc1ccc(S(=O)(=O)O)cc1. The highest BCUT2D eigenvalue weighted by atomic mass is 32.2. The zero-order valence-corrected chi connectivity index (χ0v) is 24.8. The molecular formula is C32H35N5O4S. The summed E-state index contributed by atoms with van der Waals surface area (Å²) in [5, 5.41) is 0. The van der Waals surface area contributed by atoms with Gasteiger partial charge in [0, 0.05) is 45.0 Å². The van der Waals surface area contributed by atoms with E-state index in [1.54, 1.807) is 24.1 Å². The molecule has 0 radical (unpaired) electrons. The minimum absolute atomic E-state index is 0.0666. The molecule has 4 aromatic rings. The number of hydrogen-bond donors (Lipinski definition) is 1. The third-order valence-corrected chi connectivity index (χ3v) is 8.52. The highest BCUT2D eigenvalue weighted by Crippen LogP contribution is 2.31. The number of aryl methyl sites for hydroxylation is 2. The van der Waals surface area contributed by atoms with Crippen molar-refractivity contribution in [2.45, 2.75) is 31.2 Å². The lowest BCUT2D eigenvalue weighted by molar-refractivity contribution is -0.117. The molecule has 1 amide bonds. The number of fused-ring (bicyclic) bond motifs is 1. The van der Waals surface area contributed by atoms with Crippen LogP contribution in [0.1, 0.15) is 33.9 Å². The van der Waals surface area contributed by atoms with Gasteiger partial charge in [0.2, 0.25) is 11.9 Å². The Hall–Kier alpha value is -4.12. The van der Waals surface area contributed by atoms with E-state index in [-0.39, 0.29) is 16.8 Å². The topological polar surface area (TPSA) is 107 Å². The Labute approximate surface area is 247 Å². The Bertz CT molecular complexity index is 1640. The van der Waals surface area contributed by atoms with E-state index in [4.69, 9.17) is 9.54 Å². The minimum atomic E-state index is -4.02. The van der Waals surface area contributed by atoms with Gasteiger partial charge in [-0.25, -0.2) is 4.98 Å². The van der Waals surface area contributed by atoms with Crippen molar-refractivity contribution in [3.05, 3.63) is 113 Å². The Balaban J connectivity index is 0.000000271. The van der Waals surface area contributed by atoms with E-state index >= 15 is 0 Å². The summed E-state index contributed by atoms with van der Waals surface area (Å²) >= 11 is 0. The number of rotatable bonds is 5. The molecule has 10 heteroatoms. The van der Waals surface area contributed by atoms with E-state index in [9.17, 15) is 13.2 Å². The maximum absolute atomic E-state index is 12.0. The lowest BCUT2D eigenvalue weighted by Crippen LogP contribution is -2.48. The van der Waals surface area contributed by atoms with Crippen LogP contribution in [0.3, 0.4) is 0 Å². The number of aromatic nitrogens is 2. The van der Waals surface area contributed by atoms with Crippen molar-refractivity contribution < 1.29 is 17.8 Å². The first-order valence-corrected chi connectivity index (χ1v) is 15.3. The Morgan fingerprint density at radius 2 is 1.38 bits per heavy atom. The molecule has 1 unspecified atom stereocenters. The second-order valence-electron chi connectivity index (χ2n) is 10.7. The lowest BCUT2D eigenvalue weighted by atomic mass is 9.95. The average Bonchev–Trinajstić information content (AvgIpc) is 3.27. The molecule has 42 heavy (non-hydrogen) atoms. The van der Waals surface area contributed by atoms with Crippen LogP contribution >= 0.6 is 0 Å². The van der Waals surface area contributed by atoms with Gasteiger partial charge < -0.3 is 4.90 Å². The average molecular weight is 586 g/mol. The molecule has 1 atom stereocenters. The number of hydrogen-bond acceptors (Lipinski definition) is 7. The molecule has 0 aliphatic carbocycles. The summed E-state index contributed by atoms with van der Waals surface area (Å²) in [4.78, 5) is 27.6. The summed E-state index contributed by atoms with van der Waals surface area (Å²) < 4.78 is 29.6. The standard InChI is InChI=1S/C25H27N5O.C7H8O3S/c1-18-8-10-20(11-9-18)23(19-6-4-3-5-7-19)29-12-14-30(15-13-29)25-26-17-21-16-22(31)28(2)24(21)27-25;1-6-2-4-7(5-3-6)11(8,9)10/h3-11,17,23H,12-16H2,1-2H3;2-5H,1H3,(H,8,9,10). The summed E-state index contributed by atoms with van der Waals surface area (Å²) in [5.41, 5.74) is 5.78. The molecule has 6 rings (SSSR count). The fourth-order valence-corrected chi connectivity index (χ4v) is 5.72. The maximum atomic E-state index is 12.0. The Morgan fingerprint density at radius 1 is 0.810 bits per heavy atom. The first-order valence-electron chi connectivity index (χ1n) is 13.9. The van der Waals surface area contributed by atoms with E-state index in [0.717, 1.165) is 43.1 Å². The second kappa shape index (κ2) is 12.4. The number of carbonyl (C=O) groups is 1. The van der Waals surface area contributed by atoms with Gasteiger partial charge in [-0.1, -0.05) is 77.9 Å². The molecule has 3 heterocycles. The molecule has 2 aliphatic heterocycles. The van der Waals surface area contributed by atoms with Gasteiger partial charge in [-0.05, 0) is 37.1 Å². The van der Waals surface area contributed by atoms with E-state index in [1.165, 1.54) is 28.8 Å². The van der Waals surface area contributed by atoms with Crippen molar-refractivity contribution in [2.75, 3.05) is 43.0 Å². The fourth-order valence-electron chi connectivity index (χ4n) is 5.24. The monoisotopic (exact) mass is 585 g/mol. The zero-order valence-electron chi connectivity index (χ0n) is 24.0. The lowest BCUT2D eigenvalue weighted by Gasteiger charge is -2.40. The number of benzene rings is 3. The Kier molecular flexibility index (Phi) is 8.67. The summed E-state index contributed by atoms with van der Waals surface area (Å²) in [6.07, 6.45) is 2.21.